The summed E-state index contributed by atoms with van der Waals surface area (Å²) in [4.78, 5) is 24.6. The zero-order valence-electron chi connectivity index (χ0n) is 10.3. The Balaban J connectivity index is 1.69. The van der Waals surface area contributed by atoms with Gasteiger partial charge in [0.2, 0.25) is 0 Å². The lowest BCUT2D eigenvalue weighted by Gasteiger charge is -2.30. The maximum absolute atomic E-state index is 12.2. The molecule has 1 aliphatic carbocycles. The molecule has 1 saturated heterocycles. The number of aliphatic carboxylic acids is 1. The van der Waals surface area contributed by atoms with Crippen LogP contribution in [0.1, 0.15) is 34.9 Å². The van der Waals surface area contributed by atoms with Crippen molar-refractivity contribution in [2.75, 3.05) is 19.7 Å². The van der Waals surface area contributed by atoms with E-state index in [1.54, 1.807) is 6.07 Å². The van der Waals surface area contributed by atoms with Crippen LogP contribution in [0, 0.1) is 0 Å². The molecule has 7 heteroatoms. The molecule has 1 unspecified atom stereocenters. The van der Waals surface area contributed by atoms with Crippen LogP contribution >= 0.6 is 0 Å². The van der Waals surface area contributed by atoms with Crippen molar-refractivity contribution in [3.8, 4) is 0 Å². The number of H-pyrrole nitrogens is 1. The number of carboxylic acid groups (broad SMARTS) is 1. The van der Waals surface area contributed by atoms with Crippen LogP contribution < -0.4 is 0 Å². The van der Waals surface area contributed by atoms with Gasteiger partial charge in [-0.2, -0.15) is 5.10 Å². The summed E-state index contributed by atoms with van der Waals surface area (Å²) in [5.74, 6) is -0.776. The van der Waals surface area contributed by atoms with Crippen LogP contribution in [0.3, 0.4) is 0 Å². The van der Waals surface area contributed by atoms with Crippen molar-refractivity contribution in [1.29, 1.82) is 0 Å². The van der Waals surface area contributed by atoms with Gasteiger partial charge in [-0.15, -0.1) is 0 Å². The zero-order valence-corrected chi connectivity index (χ0v) is 10.3. The van der Waals surface area contributed by atoms with Gasteiger partial charge < -0.3 is 14.7 Å². The van der Waals surface area contributed by atoms with Crippen molar-refractivity contribution in [1.82, 2.24) is 15.1 Å². The van der Waals surface area contributed by atoms with Crippen LogP contribution in [0.4, 0.5) is 0 Å². The number of nitrogens with one attached hydrogen (secondary N) is 1. The van der Waals surface area contributed by atoms with Gasteiger partial charge in [-0.3, -0.25) is 9.89 Å². The first-order chi connectivity index (χ1) is 9.15. The van der Waals surface area contributed by atoms with Crippen molar-refractivity contribution in [2.24, 2.45) is 0 Å². The van der Waals surface area contributed by atoms with Crippen molar-refractivity contribution in [2.45, 2.75) is 24.9 Å². The van der Waals surface area contributed by atoms with E-state index in [9.17, 15) is 9.59 Å². The molecule has 1 saturated carbocycles. The molecule has 1 amide bonds. The molecule has 3 rings (SSSR count). The Morgan fingerprint density at radius 3 is 2.95 bits per heavy atom. The number of hydrogen-bond donors (Lipinski definition) is 2. The number of carbonyl (C=O) groups is 2. The standard InChI is InChI=1S/C12H15N3O4/c16-11(9-5-8(13-14-9)7-1-2-7)15-3-4-19-10(6-15)12(17)18/h5,7,10H,1-4,6H2,(H,13,14)(H,17,18). The Hall–Kier alpha value is -1.89. The zero-order chi connectivity index (χ0) is 13.4. The van der Waals surface area contributed by atoms with Gasteiger partial charge in [0.25, 0.3) is 5.91 Å². The molecule has 1 aliphatic heterocycles. The topological polar surface area (TPSA) is 95.5 Å². The Bertz CT molecular complexity index is 509. The largest absolute Gasteiger partial charge is 0.479 e. The smallest absolute Gasteiger partial charge is 0.334 e. The second-order valence-electron chi connectivity index (χ2n) is 4.93. The Morgan fingerprint density at radius 1 is 1.47 bits per heavy atom. The second kappa shape index (κ2) is 4.65. The second-order valence-corrected chi connectivity index (χ2v) is 4.93. The Labute approximate surface area is 109 Å². The highest BCUT2D eigenvalue weighted by molar-refractivity contribution is 5.93. The molecule has 0 aromatic carbocycles. The molecule has 1 aromatic rings. The molecule has 1 atom stereocenters. The van der Waals surface area contributed by atoms with Gasteiger partial charge in [0.1, 0.15) is 5.69 Å². The number of rotatable bonds is 3. The highest BCUT2D eigenvalue weighted by Crippen LogP contribution is 2.39. The SMILES string of the molecule is O=C(O)C1CN(C(=O)c2cc(C3CC3)[nH]n2)CCO1. The lowest BCUT2D eigenvalue weighted by molar-refractivity contribution is -0.154. The van der Waals surface area contributed by atoms with Crippen molar-refractivity contribution in [3.63, 3.8) is 0 Å². The summed E-state index contributed by atoms with van der Waals surface area (Å²) in [6.45, 7) is 0.705. The summed E-state index contributed by atoms with van der Waals surface area (Å²) in [5.41, 5.74) is 1.35. The molecule has 19 heavy (non-hydrogen) atoms. The van der Waals surface area contributed by atoms with E-state index in [2.05, 4.69) is 10.2 Å². The maximum atomic E-state index is 12.2. The number of carbonyl (C=O) groups excluding carboxylic acids is 1. The average molecular weight is 265 g/mol. The molecular weight excluding hydrogens is 250 g/mol. The van der Waals surface area contributed by atoms with Gasteiger partial charge in [0, 0.05) is 18.2 Å². The van der Waals surface area contributed by atoms with E-state index < -0.39 is 12.1 Å². The molecular formula is C12H15N3O4. The van der Waals surface area contributed by atoms with E-state index >= 15 is 0 Å². The third-order valence-corrected chi connectivity index (χ3v) is 3.46. The van der Waals surface area contributed by atoms with E-state index in [4.69, 9.17) is 9.84 Å². The summed E-state index contributed by atoms with van der Waals surface area (Å²) in [6, 6.07) is 1.77. The minimum Gasteiger partial charge on any atom is -0.479 e. The van der Waals surface area contributed by atoms with Gasteiger partial charge in [0.05, 0.1) is 13.2 Å². The van der Waals surface area contributed by atoms with Crippen LogP contribution in [0.25, 0.3) is 0 Å². The van der Waals surface area contributed by atoms with Crippen LogP contribution in [-0.2, 0) is 9.53 Å². The molecule has 7 nitrogen and oxygen atoms in total. The first-order valence-corrected chi connectivity index (χ1v) is 6.34. The fourth-order valence-corrected chi connectivity index (χ4v) is 2.19. The minimum absolute atomic E-state index is 0.0692. The average Bonchev–Trinajstić information content (AvgIpc) is 3.16. The molecule has 2 heterocycles. The van der Waals surface area contributed by atoms with Crippen LogP contribution in [-0.4, -0.2) is 57.9 Å². The van der Waals surface area contributed by atoms with Crippen molar-refractivity contribution < 1.29 is 19.4 Å². The highest BCUT2D eigenvalue weighted by Gasteiger charge is 2.31. The van der Waals surface area contributed by atoms with Gasteiger partial charge in [-0.1, -0.05) is 0 Å². The lowest BCUT2D eigenvalue weighted by atomic mass is 10.2. The monoisotopic (exact) mass is 265 g/mol. The normalized spacial score (nSPS) is 23.4. The molecule has 0 spiro atoms. The number of carboxylic acids is 1. The molecule has 102 valence electrons. The lowest BCUT2D eigenvalue weighted by Crippen LogP contribution is -2.48. The van der Waals surface area contributed by atoms with Gasteiger partial charge in [-0.25, -0.2) is 4.79 Å². The number of aromatic nitrogens is 2. The summed E-state index contributed by atoms with van der Waals surface area (Å²) < 4.78 is 5.09. The van der Waals surface area contributed by atoms with E-state index in [0.29, 0.717) is 18.2 Å². The first kappa shape index (κ1) is 12.2. The van der Waals surface area contributed by atoms with Crippen LogP contribution in [0.5, 0.6) is 0 Å². The molecule has 0 radical (unpaired) electrons. The molecule has 0 bridgehead atoms. The number of nitrogens with zero attached hydrogens (tertiary/aromatic N) is 2. The summed E-state index contributed by atoms with van der Waals surface area (Å²) in [5, 5.41) is 15.8. The van der Waals surface area contributed by atoms with E-state index in [-0.39, 0.29) is 19.1 Å². The van der Waals surface area contributed by atoms with Gasteiger partial charge >= 0.3 is 5.97 Å². The van der Waals surface area contributed by atoms with Crippen molar-refractivity contribution in [3.05, 3.63) is 17.5 Å². The quantitative estimate of drug-likeness (QED) is 0.814. The molecule has 1 aromatic heterocycles. The van der Waals surface area contributed by atoms with E-state index in [0.717, 1.165) is 18.5 Å². The van der Waals surface area contributed by atoms with Gasteiger partial charge in [0.15, 0.2) is 6.10 Å². The number of hydrogen-bond acceptors (Lipinski definition) is 4. The predicted octanol–water partition coefficient (Wildman–Crippen LogP) is 0.213. The summed E-state index contributed by atoms with van der Waals surface area (Å²) in [6.07, 6.45) is 1.32. The fraction of sp³-hybridized carbons (Fsp3) is 0.583. The fourth-order valence-electron chi connectivity index (χ4n) is 2.19. The maximum Gasteiger partial charge on any atom is 0.334 e. The van der Waals surface area contributed by atoms with Crippen LogP contribution in [0.2, 0.25) is 0 Å². The number of amides is 1. The molecule has 2 fully saturated rings. The van der Waals surface area contributed by atoms with E-state index in [1.165, 1.54) is 4.90 Å². The predicted molar refractivity (Wildman–Crippen MR) is 63.8 cm³/mol. The Morgan fingerprint density at radius 2 is 2.26 bits per heavy atom. The van der Waals surface area contributed by atoms with Crippen molar-refractivity contribution >= 4 is 11.9 Å². The first-order valence-electron chi connectivity index (χ1n) is 6.34. The number of morpholine rings is 1. The number of ether oxygens (including phenoxy) is 1. The third-order valence-electron chi connectivity index (χ3n) is 3.46. The van der Waals surface area contributed by atoms with Crippen LogP contribution in [0.15, 0.2) is 6.07 Å². The minimum atomic E-state index is -1.04. The van der Waals surface area contributed by atoms with E-state index in [1.807, 2.05) is 0 Å². The third kappa shape index (κ3) is 2.46. The summed E-state index contributed by atoms with van der Waals surface area (Å²) >= 11 is 0. The highest BCUT2D eigenvalue weighted by atomic mass is 16.5. The van der Waals surface area contributed by atoms with Gasteiger partial charge in [-0.05, 0) is 18.9 Å². The Kier molecular flexibility index (Phi) is 2.98. The molecule has 2 N–H and O–H groups in total. The molecule has 2 aliphatic rings. The number of aromatic amines is 1. The summed E-state index contributed by atoms with van der Waals surface area (Å²) in [7, 11) is 0.